The molecule has 1 rings (SSSR count). The highest BCUT2D eigenvalue weighted by molar-refractivity contribution is 6.30. The van der Waals surface area contributed by atoms with Crippen LogP contribution in [-0.2, 0) is 16.1 Å². The van der Waals surface area contributed by atoms with Crippen LogP contribution in [0.25, 0.3) is 0 Å². The molecule has 1 N–H and O–H groups in total. The highest BCUT2D eigenvalue weighted by Gasteiger charge is 2.42. The topological polar surface area (TPSA) is 57.6 Å². The van der Waals surface area contributed by atoms with Crippen LogP contribution in [-0.4, -0.2) is 34.6 Å². The average molecular weight is 310 g/mol. The van der Waals surface area contributed by atoms with Gasteiger partial charge in [-0.2, -0.15) is 13.2 Å². The van der Waals surface area contributed by atoms with Gasteiger partial charge in [0.15, 0.2) is 0 Å². The number of rotatable bonds is 5. The van der Waals surface area contributed by atoms with Crippen molar-refractivity contribution in [1.29, 1.82) is 0 Å². The Morgan fingerprint density at radius 1 is 1.20 bits per heavy atom. The molecule has 0 aliphatic carbocycles. The van der Waals surface area contributed by atoms with E-state index in [2.05, 4.69) is 0 Å². The number of nitrogens with zero attached hydrogens (tertiary/aromatic N) is 1. The van der Waals surface area contributed by atoms with E-state index in [-0.39, 0.29) is 6.54 Å². The van der Waals surface area contributed by atoms with E-state index in [9.17, 15) is 22.8 Å². The zero-order valence-electron chi connectivity index (χ0n) is 10.2. The Bertz CT molecular complexity index is 488. The second-order valence-corrected chi connectivity index (χ2v) is 4.43. The van der Waals surface area contributed by atoms with Crippen LogP contribution in [0.2, 0.25) is 5.02 Å². The maximum atomic E-state index is 12.4. The van der Waals surface area contributed by atoms with Gasteiger partial charge in [-0.1, -0.05) is 23.7 Å². The van der Waals surface area contributed by atoms with Gasteiger partial charge in [-0.25, -0.2) is 0 Å². The summed E-state index contributed by atoms with van der Waals surface area (Å²) in [4.78, 5) is 22.1. The van der Waals surface area contributed by atoms with Crippen molar-refractivity contribution in [3.05, 3.63) is 34.9 Å². The normalized spacial score (nSPS) is 11.2. The molecule has 0 aliphatic rings. The maximum absolute atomic E-state index is 12.4. The summed E-state index contributed by atoms with van der Waals surface area (Å²) in [7, 11) is 0. The van der Waals surface area contributed by atoms with Gasteiger partial charge in [-0.3, -0.25) is 9.59 Å². The van der Waals surface area contributed by atoms with E-state index < -0.39 is 31.0 Å². The van der Waals surface area contributed by atoms with Crippen LogP contribution in [0.5, 0.6) is 0 Å². The molecule has 0 bridgehead atoms. The number of amides is 1. The number of carboxylic acid groups (broad SMARTS) is 1. The van der Waals surface area contributed by atoms with E-state index in [1.165, 1.54) is 24.3 Å². The Morgan fingerprint density at radius 3 is 2.20 bits per heavy atom. The molecule has 20 heavy (non-hydrogen) atoms. The molecule has 0 aliphatic heterocycles. The van der Waals surface area contributed by atoms with Crippen LogP contribution in [0.3, 0.4) is 0 Å². The van der Waals surface area contributed by atoms with Gasteiger partial charge in [-0.15, -0.1) is 0 Å². The monoisotopic (exact) mass is 309 g/mol. The zero-order valence-corrected chi connectivity index (χ0v) is 10.9. The first-order valence-electron chi connectivity index (χ1n) is 5.52. The molecule has 0 spiro atoms. The predicted octanol–water partition coefficient (Wildman–Crippen LogP) is 2.71. The van der Waals surface area contributed by atoms with Crippen LogP contribution in [0.1, 0.15) is 12.0 Å². The Balaban J connectivity index is 2.84. The number of hydrogen-bond acceptors (Lipinski definition) is 2. The molecule has 1 aromatic carbocycles. The van der Waals surface area contributed by atoms with Gasteiger partial charge in [0.1, 0.15) is 0 Å². The predicted molar refractivity (Wildman–Crippen MR) is 65.2 cm³/mol. The fraction of sp³-hybridized carbons (Fsp3) is 0.333. The third kappa shape index (κ3) is 5.08. The van der Waals surface area contributed by atoms with Crippen molar-refractivity contribution >= 4 is 23.5 Å². The summed E-state index contributed by atoms with van der Waals surface area (Å²) in [6, 6.07) is 5.90. The molecule has 0 saturated heterocycles. The van der Waals surface area contributed by atoms with Crippen molar-refractivity contribution in [3.63, 3.8) is 0 Å². The van der Waals surface area contributed by atoms with Gasteiger partial charge < -0.3 is 10.0 Å². The SMILES string of the molecule is O=C(O)CCN(Cc1ccc(Cl)cc1)C(=O)C(F)(F)F. The van der Waals surface area contributed by atoms with Crippen LogP contribution in [0, 0.1) is 0 Å². The molecular weight excluding hydrogens is 299 g/mol. The van der Waals surface area contributed by atoms with Crippen LogP contribution in [0.4, 0.5) is 13.2 Å². The number of carbonyl (C=O) groups excluding carboxylic acids is 1. The molecule has 0 radical (unpaired) electrons. The van der Waals surface area contributed by atoms with Crippen molar-refractivity contribution < 1.29 is 27.9 Å². The van der Waals surface area contributed by atoms with Crippen molar-refractivity contribution in [3.8, 4) is 0 Å². The second kappa shape index (κ2) is 6.60. The number of carboxylic acids is 1. The third-order valence-corrected chi connectivity index (χ3v) is 2.66. The largest absolute Gasteiger partial charge is 0.481 e. The van der Waals surface area contributed by atoms with Crippen molar-refractivity contribution in [1.82, 2.24) is 4.90 Å². The van der Waals surface area contributed by atoms with Gasteiger partial charge in [-0.05, 0) is 17.7 Å². The van der Waals surface area contributed by atoms with E-state index in [0.29, 0.717) is 15.5 Å². The lowest BCUT2D eigenvalue weighted by Crippen LogP contribution is -2.41. The van der Waals surface area contributed by atoms with E-state index in [1.807, 2.05) is 0 Å². The average Bonchev–Trinajstić information content (AvgIpc) is 2.34. The molecule has 0 heterocycles. The van der Waals surface area contributed by atoms with Gasteiger partial charge in [0.25, 0.3) is 0 Å². The molecule has 110 valence electrons. The number of hydrogen-bond donors (Lipinski definition) is 1. The molecule has 4 nitrogen and oxygen atoms in total. The van der Waals surface area contributed by atoms with E-state index in [1.54, 1.807) is 0 Å². The number of halogens is 4. The van der Waals surface area contributed by atoms with Crippen LogP contribution >= 0.6 is 11.6 Å². The first-order valence-corrected chi connectivity index (χ1v) is 5.90. The smallest absolute Gasteiger partial charge is 0.471 e. The van der Waals surface area contributed by atoms with Crippen molar-refractivity contribution in [2.24, 2.45) is 0 Å². The number of aliphatic carboxylic acids is 1. The second-order valence-electron chi connectivity index (χ2n) is 3.99. The van der Waals surface area contributed by atoms with E-state index >= 15 is 0 Å². The molecule has 1 amide bonds. The summed E-state index contributed by atoms with van der Waals surface area (Å²) < 4.78 is 37.3. The first kappa shape index (κ1) is 16.3. The van der Waals surface area contributed by atoms with Crippen LogP contribution < -0.4 is 0 Å². The van der Waals surface area contributed by atoms with Crippen LogP contribution in [0.15, 0.2) is 24.3 Å². The lowest BCUT2D eigenvalue weighted by Gasteiger charge is -2.23. The summed E-state index contributed by atoms with van der Waals surface area (Å²) >= 11 is 5.65. The summed E-state index contributed by atoms with van der Waals surface area (Å²) in [6.45, 7) is -0.848. The minimum absolute atomic E-state index is 0.331. The van der Waals surface area contributed by atoms with Gasteiger partial charge in [0.2, 0.25) is 0 Å². The third-order valence-electron chi connectivity index (χ3n) is 2.41. The molecule has 8 heteroatoms. The summed E-state index contributed by atoms with van der Waals surface area (Å²) in [5.41, 5.74) is 0.428. The minimum Gasteiger partial charge on any atom is -0.481 e. The fourth-order valence-corrected chi connectivity index (χ4v) is 1.60. The van der Waals surface area contributed by atoms with Gasteiger partial charge in [0.05, 0.1) is 6.42 Å². The highest BCUT2D eigenvalue weighted by atomic mass is 35.5. The Kier molecular flexibility index (Phi) is 5.38. The summed E-state index contributed by atoms with van der Waals surface area (Å²) in [5, 5.41) is 8.92. The quantitative estimate of drug-likeness (QED) is 0.910. The molecule has 0 saturated carbocycles. The van der Waals surface area contributed by atoms with Gasteiger partial charge >= 0.3 is 18.1 Å². The number of alkyl halides is 3. The standard InChI is InChI=1S/C12H11ClF3NO3/c13-9-3-1-8(2-4-9)7-17(6-5-10(18)19)11(20)12(14,15)16/h1-4H,5-7H2,(H,18,19). The fourth-order valence-electron chi connectivity index (χ4n) is 1.47. The van der Waals surface area contributed by atoms with Gasteiger partial charge in [0, 0.05) is 18.1 Å². The van der Waals surface area contributed by atoms with E-state index in [4.69, 9.17) is 16.7 Å². The lowest BCUT2D eigenvalue weighted by atomic mass is 10.2. The van der Waals surface area contributed by atoms with Crippen molar-refractivity contribution in [2.75, 3.05) is 6.54 Å². The van der Waals surface area contributed by atoms with Crippen molar-refractivity contribution in [2.45, 2.75) is 19.1 Å². The zero-order chi connectivity index (χ0) is 15.3. The molecule has 0 unspecified atom stereocenters. The van der Waals surface area contributed by atoms with E-state index in [0.717, 1.165) is 0 Å². The lowest BCUT2D eigenvalue weighted by molar-refractivity contribution is -0.186. The number of benzene rings is 1. The highest BCUT2D eigenvalue weighted by Crippen LogP contribution is 2.21. The molecule has 0 aromatic heterocycles. The summed E-state index contributed by atoms with van der Waals surface area (Å²) in [5.74, 6) is -3.34. The summed E-state index contributed by atoms with van der Waals surface area (Å²) in [6.07, 6.45) is -5.60. The minimum atomic E-state index is -5.04. The molecule has 0 fully saturated rings. The molecule has 0 atom stereocenters. The first-order chi connectivity index (χ1) is 9.20. The number of carbonyl (C=O) groups is 2. The molecular formula is C12H11ClF3NO3. The molecule has 1 aromatic rings. The Labute approximate surface area is 117 Å². The maximum Gasteiger partial charge on any atom is 0.471 e. The Hall–Kier alpha value is -1.76. The Morgan fingerprint density at radius 2 is 1.75 bits per heavy atom.